The highest BCUT2D eigenvalue weighted by molar-refractivity contribution is 7.91. The number of nitrogens with two attached hydrogens (primary N) is 1. The molecular weight excluding hydrogens is 226 g/mol. The molecule has 2 N–H and O–H groups in total. The average Bonchev–Trinajstić information content (AvgIpc) is 2.62. The third-order valence-electron chi connectivity index (χ3n) is 3.28. The van der Waals surface area contributed by atoms with Gasteiger partial charge in [-0.05, 0) is 12.8 Å². The predicted molar refractivity (Wildman–Crippen MR) is 64.0 cm³/mol. The van der Waals surface area contributed by atoms with Gasteiger partial charge in [0.2, 0.25) is 0 Å². The molecule has 0 aromatic rings. The van der Waals surface area contributed by atoms with E-state index in [9.17, 15) is 13.2 Å². The van der Waals surface area contributed by atoms with Crippen molar-refractivity contribution in [2.24, 2.45) is 5.73 Å². The van der Waals surface area contributed by atoms with Gasteiger partial charge in [-0.15, -0.1) is 0 Å². The van der Waals surface area contributed by atoms with Gasteiger partial charge in [-0.1, -0.05) is 19.8 Å². The number of hydrogen-bond acceptors (Lipinski definition) is 4. The standard InChI is InChI=1S/C11H21NO3S/c1-2-16(14,15)8-5-10(13)9-11(12)6-3-4-7-11/h2-9,12H2,1H3. The summed E-state index contributed by atoms with van der Waals surface area (Å²) in [6.07, 6.45) is 4.40. The van der Waals surface area contributed by atoms with Crippen LogP contribution in [0.5, 0.6) is 0 Å². The van der Waals surface area contributed by atoms with E-state index in [4.69, 9.17) is 5.73 Å². The van der Waals surface area contributed by atoms with Crippen LogP contribution in [-0.2, 0) is 14.6 Å². The van der Waals surface area contributed by atoms with E-state index in [1.807, 2.05) is 0 Å². The van der Waals surface area contributed by atoms with Crippen molar-refractivity contribution < 1.29 is 13.2 Å². The lowest BCUT2D eigenvalue weighted by Crippen LogP contribution is -2.39. The molecule has 0 atom stereocenters. The molecule has 1 fully saturated rings. The van der Waals surface area contributed by atoms with Crippen molar-refractivity contribution in [2.75, 3.05) is 11.5 Å². The normalized spacial score (nSPS) is 19.9. The van der Waals surface area contributed by atoms with Crippen LogP contribution in [0.1, 0.15) is 45.4 Å². The second-order valence-electron chi connectivity index (χ2n) is 4.77. The molecule has 5 heteroatoms. The van der Waals surface area contributed by atoms with E-state index in [1.165, 1.54) is 0 Å². The second-order valence-corrected chi connectivity index (χ2v) is 7.24. The molecule has 1 aliphatic carbocycles. The van der Waals surface area contributed by atoms with Gasteiger partial charge in [0.25, 0.3) is 0 Å². The average molecular weight is 247 g/mol. The monoisotopic (exact) mass is 247 g/mol. The van der Waals surface area contributed by atoms with Gasteiger partial charge in [0.15, 0.2) is 0 Å². The van der Waals surface area contributed by atoms with E-state index < -0.39 is 9.84 Å². The highest BCUT2D eigenvalue weighted by Gasteiger charge is 2.31. The number of rotatable bonds is 6. The molecule has 0 aliphatic heterocycles. The van der Waals surface area contributed by atoms with Crippen molar-refractivity contribution in [2.45, 2.75) is 51.0 Å². The van der Waals surface area contributed by atoms with Crippen LogP contribution in [0.2, 0.25) is 0 Å². The lowest BCUT2D eigenvalue weighted by atomic mass is 9.92. The number of hydrogen-bond donors (Lipinski definition) is 1. The van der Waals surface area contributed by atoms with Crippen LogP contribution >= 0.6 is 0 Å². The van der Waals surface area contributed by atoms with E-state index in [0.29, 0.717) is 6.42 Å². The zero-order chi connectivity index (χ0) is 12.2. The minimum absolute atomic E-state index is 0.0126. The van der Waals surface area contributed by atoms with Gasteiger partial charge in [-0.2, -0.15) is 0 Å². The maximum atomic E-state index is 11.6. The molecule has 0 unspecified atom stereocenters. The topological polar surface area (TPSA) is 77.2 Å². The maximum Gasteiger partial charge on any atom is 0.150 e. The zero-order valence-electron chi connectivity index (χ0n) is 9.87. The third-order valence-corrected chi connectivity index (χ3v) is 4.99. The fourth-order valence-electron chi connectivity index (χ4n) is 2.15. The van der Waals surface area contributed by atoms with E-state index in [2.05, 4.69) is 0 Å². The molecule has 0 amide bonds. The largest absolute Gasteiger partial charge is 0.325 e. The lowest BCUT2D eigenvalue weighted by Gasteiger charge is -2.22. The molecule has 16 heavy (non-hydrogen) atoms. The first kappa shape index (κ1) is 13.6. The molecule has 0 spiro atoms. The van der Waals surface area contributed by atoms with Gasteiger partial charge in [-0.3, -0.25) is 4.79 Å². The Morgan fingerprint density at radius 3 is 2.38 bits per heavy atom. The van der Waals surface area contributed by atoms with E-state index in [1.54, 1.807) is 6.92 Å². The summed E-state index contributed by atoms with van der Waals surface area (Å²) in [5, 5.41) is 0. The Morgan fingerprint density at radius 2 is 1.88 bits per heavy atom. The molecule has 1 rings (SSSR count). The van der Waals surface area contributed by atoms with Gasteiger partial charge in [0, 0.05) is 24.1 Å². The molecule has 94 valence electrons. The van der Waals surface area contributed by atoms with Crippen LogP contribution < -0.4 is 5.73 Å². The summed E-state index contributed by atoms with van der Waals surface area (Å²) in [5.74, 6) is 0.0633. The lowest BCUT2D eigenvalue weighted by molar-refractivity contribution is -0.119. The van der Waals surface area contributed by atoms with Crippen molar-refractivity contribution in [3.05, 3.63) is 0 Å². The van der Waals surface area contributed by atoms with Gasteiger partial charge < -0.3 is 5.73 Å². The molecule has 1 aliphatic rings. The molecule has 0 heterocycles. The Bertz CT molecular complexity index is 342. The van der Waals surface area contributed by atoms with Crippen LogP contribution in [-0.4, -0.2) is 31.2 Å². The zero-order valence-corrected chi connectivity index (χ0v) is 10.7. The van der Waals surface area contributed by atoms with Crippen LogP contribution in [0.3, 0.4) is 0 Å². The summed E-state index contributed by atoms with van der Waals surface area (Å²) >= 11 is 0. The number of carbonyl (C=O) groups excluding carboxylic acids is 1. The highest BCUT2D eigenvalue weighted by Crippen LogP contribution is 2.30. The quantitative estimate of drug-likeness (QED) is 0.761. The molecular formula is C11H21NO3S. The number of sulfone groups is 1. The van der Waals surface area contributed by atoms with Crippen LogP contribution in [0, 0.1) is 0 Å². The minimum Gasteiger partial charge on any atom is -0.325 e. The first-order valence-electron chi connectivity index (χ1n) is 5.88. The van der Waals surface area contributed by atoms with Gasteiger partial charge in [0.1, 0.15) is 15.6 Å². The van der Waals surface area contributed by atoms with Crippen molar-refractivity contribution in [1.29, 1.82) is 0 Å². The Balaban J connectivity index is 2.36. The van der Waals surface area contributed by atoms with E-state index >= 15 is 0 Å². The first-order chi connectivity index (χ1) is 7.37. The predicted octanol–water partition coefficient (Wildman–Crippen LogP) is 1.04. The minimum atomic E-state index is -3.03. The van der Waals surface area contributed by atoms with Gasteiger partial charge in [0.05, 0.1) is 5.75 Å². The third kappa shape index (κ3) is 4.22. The van der Waals surface area contributed by atoms with Gasteiger partial charge in [-0.25, -0.2) is 8.42 Å². The molecule has 0 radical (unpaired) electrons. The maximum absolute atomic E-state index is 11.6. The Kier molecular flexibility index (Phi) is 4.50. The molecule has 0 saturated heterocycles. The summed E-state index contributed by atoms with van der Waals surface area (Å²) in [6.45, 7) is 1.60. The highest BCUT2D eigenvalue weighted by atomic mass is 32.2. The van der Waals surface area contributed by atoms with E-state index in [0.717, 1.165) is 25.7 Å². The summed E-state index contributed by atoms with van der Waals surface area (Å²) in [7, 11) is -3.03. The van der Waals surface area contributed by atoms with Crippen molar-refractivity contribution in [1.82, 2.24) is 0 Å². The van der Waals surface area contributed by atoms with Crippen molar-refractivity contribution >= 4 is 15.6 Å². The Hall–Kier alpha value is -0.420. The van der Waals surface area contributed by atoms with Crippen LogP contribution in [0.15, 0.2) is 0 Å². The molecule has 4 nitrogen and oxygen atoms in total. The summed E-state index contributed by atoms with van der Waals surface area (Å²) < 4.78 is 22.5. The van der Waals surface area contributed by atoms with Crippen LogP contribution in [0.25, 0.3) is 0 Å². The molecule has 0 aromatic carbocycles. The fraction of sp³-hybridized carbons (Fsp3) is 0.909. The number of carbonyl (C=O) groups is 1. The number of Topliss-reactive ketones (excluding diaryl/α,β-unsaturated/α-hetero) is 1. The Morgan fingerprint density at radius 1 is 1.31 bits per heavy atom. The molecule has 1 saturated carbocycles. The molecule has 0 aromatic heterocycles. The molecule has 0 bridgehead atoms. The number of ketones is 1. The summed E-state index contributed by atoms with van der Waals surface area (Å²) in [6, 6.07) is 0. The smallest absolute Gasteiger partial charge is 0.150 e. The van der Waals surface area contributed by atoms with Crippen molar-refractivity contribution in [3.8, 4) is 0 Å². The van der Waals surface area contributed by atoms with Gasteiger partial charge >= 0.3 is 0 Å². The summed E-state index contributed by atoms with van der Waals surface area (Å²) in [4.78, 5) is 11.6. The summed E-state index contributed by atoms with van der Waals surface area (Å²) in [5.41, 5.74) is 5.71. The van der Waals surface area contributed by atoms with Crippen LogP contribution in [0.4, 0.5) is 0 Å². The SMILES string of the molecule is CCS(=O)(=O)CCC(=O)CC1(N)CCCC1. The Labute approximate surface area is 97.5 Å². The first-order valence-corrected chi connectivity index (χ1v) is 7.70. The van der Waals surface area contributed by atoms with Crippen molar-refractivity contribution in [3.63, 3.8) is 0 Å². The fourth-order valence-corrected chi connectivity index (χ4v) is 2.98. The second kappa shape index (κ2) is 5.27. The van der Waals surface area contributed by atoms with E-state index in [-0.39, 0.29) is 29.2 Å².